The van der Waals surface area contributed by atoms with E-state index in [1.165, 1.54) is 6.07 Å². The van der Waals surface area contributed by atoms with Crippen molar-refractivity contribution in [3.63, 3.8) is 0 Å². The van der Waals surface area contributed by atoms with Gasteiger partial charge in [-0.05, 0) is 43.2 Å². The van der Waals surface area contributed by atoms with Gasteiger partial charge in [0.25, 0.3) is 0 Å². The Morgan fingerprint density at radius 3 is 2.55 bits per heavy atom. The molecule has 1 amide bonds. The van der Waals surface area contributed by atoms with Gasteiger partial charge in [0, 0.05) is 6.07 Å². The van der Waals surface area contributed by atoms with Gasteiger partial charge in [-0.25, -0.2) is 8.78 Å². The Balaban J connectivity index is 2.02. The topological polar surface area (TPSA) is 41.1 Å². The molecule has 2 aromatic rings. The smallest absolute Gasteiger partial charge is 0.243 e. The Bertz CT molecular complexity index is 696. The van der Waals surface area contributed by atoms with Crippen LogP contribution in [0.1, 0.15) is 11.1 Å². The number of nitrogens with one attached hydrogen (secondary N) is 2. The first-order valence-corrected chi connectivity index (χ1v) is 7.00. The highest BCUT2D eigenvalue weighted by Crippen LogP contribution is 2.27. The maximum Gasteiger partial charge on any atom is 0.243 e. The third kappa shape index (κ3) is 3.95. The molecule has 0 fully saturated rings. The van der Waals surface area contributed by atoms with E-state index in [1.54, 1.807) is 6.07 Å². The summed E-state index contributed by atoms with van der Waals surface area (Å²) in [4.78, 5) is 11.8. The van der Waals surface area contributed by atoms with Crippen LogP contribution in [0.2, 0.25) is 5.02 Å². The van der Waals surface area contributed by atoms with Gasteiger partial charge in [-0.1, -0.05) is 17.7 Å². The number of hydrogen-bond acceptors (Lipinski definition) is 2. The summed E-state index contributed by atoms with van der Waals surface area (Å²) >= 11 is 6.13. The van der Waals surface area contributed by atoms with Gasteiger partial charge in [0.05, 0.1) is 22.9 Å². The average molecular weight is 325 g/mol. The number of carbonyl (C=O) groups excluding carboxylic acids is 1. The van der Waals surface area contributed by atoms with E-state index < -0.39 is 17.5 Å². The molecular weight excluding hydrogens is 310 g/mol. The minimum Gasteiger partial charge on any atom is -0.375 e. The van der Waals surface area contributed by atoms with E-state index in [0.29, 0.717) is 16.8 Å². The summed E-state index contributed by atoms with van der Waals surface area (Å²) in [6.45, 7) is 3.71. The molecule has 0 aliphatic carbocycles. The lowest BCUT2D eigenvalue weighted by Crippen LogP contribution is -2.22. The van der Waals surface area contributed by atoms with E-state index in [0.717, 1.165) is 17.2 Å². The van der Waals surface area contributed by atoms with Crippen molar-refractivity contribution in [2.45, 2.75) is 13.8 Å². The number of amides is 1. The molecule has 0 spiro atoms. The summed E-state index contributed by atoms with van der Waals surface area (Å²) < 4.78 is 26.2. The second kappa shape index (κ2) is 6.75. The monoisotopic (exact) mass is 324 g/mol. The van der Waals surface area contributed by atoms with Crippen LogP contribution >= 0.6 is 11.6 Å². The molecular formula is C16H15ClF2N2O. The summed E-state index contributed by atoms with van der Waals surface area (Å²) in [5, 5.41) is 5.80. The zero-order valence-electron chi connectivity index (χ0n) is 12.1. The zero-order chi connectivity index (χ0) is 16.3. The lowest BCUT2D eigenvalue weighted by Gasteiger charge is -2.13. The molecule has 116 valence electrons. The molecule has 3 nitrogen and oxygen atoms in total. The van der Waals surface area contributed by atoms with Crippen LogP contribution in [0.5, 0.6) is 0 Å². The number of aryl methyl sites for hydroxylation is 2. The van der Waals surface area contributed by atoms with Gasteiger partial charge in [0.15, 0.2) is 0 Å². The molecule has 0 aromatic heterocycles. The van der Waals surface area contributed by atoms with E-state index in [2.05, 4.69) is 10.6 Å². The molecule has 0 atom stereocenters. The molecule has 0 heterocycles. The summed E-state index contributed by atoms with van der Waals surface area (Å²) in [6, 6.07) is 6.68. The first kappa shape index (κ1) is 16.2. The van der Waals surface area contributed by atoms with E-state index in [4.69, 9.17) is 11.6 Å². The van der Waals surface area contributed by atoms with Crippen LogP contribution < -0.4 is 10.6 Å². The molecule has 0 radical (unpaired) electrons. The maximum absolute atomic E-state index is 13.5. The third-order valence-corrected chi connectivity index (χ3v) is 3.36. The Hall–Kier alpha value is -2.14. The SMILES string of the molecule is Cc1cc(C)c(NCC(=O)Nc2ccc(F)cc2F)c(Cl)c1. The molecule has 2 aromatic carbocycles. The highest BCUT2D eigenvalue weighted by atomic mass is 35.5. The second-order valence-electron chi connectivity index (χ2n) is 4.96. The zero-order valence-corrected chi connectivity index (χ0v) is 12.9. The fourth-order valence-corrected chi connectivity index (χ4v) is 2.48. The lowest BCUT2D eigenvalue weighted by molar-refractivity contribution is -0.114. The predicted octanol–water partition coefficient (Wildman–Crippen LogP) is 4.29. The summed E-state index contributed by atoms with van der Waals surface area (Å²) in [5.41, 5.74) is 2.51. The molecule has 2 rings (SSSR count). The Labute approximate surface area is 132 Å². The lowest BCUT2D eigenvalue weighted by atomic mass is 10.1. The quantitative estimate of drug-likeness (QED) is 0.881. The number of hydrogen-bond donors (Lipinski definition) is 2. The Morgan fingerprint density at radius 1 is 1.18 bits per heavy atom. The Morgan fingerprint density at radius 2 is 1.91 bits per heavy atom. The molecule has 22 heavy (non-hydrogen) atoms. The van der Waals surface area contributed by atoms with Gasteiger partial charge in [0.1, 0.15) is 11.6 Å². The number of rotatable bonds is 4. The number of anilines is 2. The fraction of sp³-hybridized carbons (Fsp3) is 0.188. The first-order valence-electron chi connectivity index (χ1n) is 6.62. The fourth-order valence-electron chi connectivity index (χ4n) is 2.09. The van der Waals surface area contributed by atoms with Crippen molar-refractivity contribution in [1.29, 1.82) is 0 Å². The minimum absolute atomic E-state index is 0.0695. The van der Waals surface area contributed by atoms with Crippen molar-refractivity contribution in [2.24, 2.45) is 0 Å². The van der Waals surface area contributed by atoms with E-state index in [9.17, 15) is 13.6 Å². The minimum atomic E-state index is -0.821. The van der Waals surface area contributed by atoms with Crippen molar-refractivity contribution >= 4 is 28.9 Å². The summed E-state index contributed by atoms with van der Waals surface area (Å²) in [5.74, 6) is -1.98. The van der Waals surface area contributed by atoms with E-state index >= 15 is 0 Å². The normalized spacial score (nSPS) is 10.4. The van der Waals surface area contributed by atoms with Gasteiger partial charge in [-0.3, -0.25) is 4.79 Å². The van der Waals surface area contributed by atoms with Crippen molar-refractivity contribution < 1.29 is 13.6 Å². The molecule has 0 bridgehead atoms. The van der Waals surface area contributed by atoms with Crippen molar-refractivity contribution in [3.05, 3.63) is 58.1 Å². The maximum atomic E-state index is 13.5. The van der Waals surface area contributed by atoms with Crippen LogP contribution in [0.4, 0.5) is 20.2 Å². The van der Waals surface area contributed by atoms with Crippen molar-refractivity contribution in [1.82, 2.24) is 0 Å². The molecule has 0 saturated carbocycles. The first-order chi connectivity index (χ1) is 10.4. The molecule has 0 saturated heterocycles. The Kier molecular flexibility index (Phi) is 4.98. The predicted molar refractivity (Wildman–Crippen MR) is 84.4 cm³/mol. The average Bonchev–Trinajstić information content (AvgIpc) is 2.40. The molecule has 2 N–H and O–H groups in total. The van der Waals surface area contributed by atoms with Crippen LogP contribution in [0, 0.1) is 25.5 Å². The third-order valence-electron chi connectivity index (χ3n) is 3.06. The highest BCUT2D eigenvalue weighted by molar-refractivity contribution is 6.33. The van der Waals surface area contributed by atoms with Gasteiger partial charge in [-0.15, -0.1) is 0 Å². The number of carbonyl (C=O) groups is 1. The number of halogens is 3. The van der Waals surface area contributed by atoms with E-state index in [-0.39, 0.29) is 12.2 Å². The summed E-state index contributed by atoms with van der Waals surface area (Å²) in [7, 11) is 0. The molecule has 0 unspecified atom stereocenters. The largest absolute Gasteiger partial charge is 0.375 e. The van der Waals surface area contributed by atoms with Crippen molar-refractivity contribution in [3.8, 4) is 0 Å². The van der Waals surface area contributed by atoms with Crippen LogP contribution in [0.3, 0.4) is 0 Å². The molecule has 0 aliphatic rings. The van der Waals surface area contributed by atoms with Gasteiger partial charge in [-0.2, -0.15) is 0 Å². The standard InChI is InChI=1S/C16H15ClF2N2O/c1-9-5-10(2)16(12(17)6-9)20-8-15(22)21-14-4-3-11(18)7-13(14)19/h3-7,20H,8H2,1-2H3,(H,21,22). The van der Waals surface area contributed by atoms with Crippen LogP contribution in [0.15, 0.2) is 30.3 Å². The summed E-state index contributed by atoms with van der Waals surface area (Å²) in [6.07, 6.45) is 0. The molecule has 6 heteroatoms. The van der Waals surface area contributed by atoms with Crippen LogP contribution in [0.25, 0.3) is 0 Å². The van der Waals surface area contributed by atoms with E-state index in [1.807, 2.05) is 19.9 Å². The van der Waals surface area contributed by atoms with Crippen molar-refractivity contribution in [2.75, 3.05) is 17.2 Å². The van der Waals surface area contributed by atoms with Gasteiger partial charge in [0.2, 0.25) is 5.91 Å². The van der Waals surface area contributed by atoms with Gasteiger partial charge >= 0.3 is 0 Å². The van der Waals surface area contributed by atoms with Crippen LogP contribution in [-0.2, 0) is 4.79 Å². The van der Waals surface area contributed by atoms with Gasteiger partial charge < -0.3 is 10.6 Å². The van der Waals surface area contributed by atoms with Crippen LogP contribution in [-0.4, -0.2) is 12.5 Å². The molecule has 0 aliphatic heterocycles. The highest BCUT2D eigenvalue weighted by Gasteiger charge is 2.10. The number of benzene rings is 2. The second-order valence-corrected chi connectivity index (χ2v) is 5.37.